The van der Waals surface area contributed by atoms with Gasteiger partial charge in [0.25, 0.3) is 0 Å². The number of rotatable bonds is 7. The van der Waals surface area contributed by atoms with E-state index in [1.807, 2.05) is 6.20 Å². The Morgan fingerprint density at radius 2 is 1.20 bits per heavy atom. The molecular weight excluding hydrogens is 304 g/mol. The minimum Gasteiger partial charge on any atom is -0.363 e. The summed E-state index contributed by atoms with van der Waals surface area (Å²) in [5, 5.41) is 0. The van der Waals surface area contributed by atoms with Crippen molar-refractivity contribution in [3.8, 4) is 0 Å². The van der Waals surface area contributed by atoms with E-state index in [2.05, 4.69) is 85.7 Å². The van der Waals surface area contributed by atoms with Crippen molar-refractivity contribution in [3.05, 3.63) is 95.2 Å². The van der Waals surface area contributed by atoms with Crippen LogP contribution in [0, 0.1) is 0 Å². The summed E-state index contributed by atoms with van der Waals surface area (Å²) in [5.74, 6) is 1.08. The second-order valence-corrected chi connectivity index (χ2v) is 6.69. The first-order valence-corrected chi connectivity index (χ1v) is 8.95. The van der Waals surface area contributed by atoms with E-state index in [-0.39, 0.29) is 0 Å². The fourth-order valence-corrected chi connectivity index (χ4v) is 3.13. The molecule has 0 aliphatic heterocycles. The molecule has 0 bridgehead atoms. The number of hydrogen-bond donors (Lipinski definition) is 0. The van der Waals surface area contributed by atoms with E-state index in [0.29, 0.717) is 0 Å². The Kier molecular flexibility index (Phi) is 5.84. The Bertz CT molecular complexity index is 780. The fraction of sp³-hybridized carbons (Fsp3) is 0.261. The van der Waals surface area contributed by atoms with Crippen LogP contribution >= 0.6 is 0 Å². The third-order valence-corrected chi connectivity index (χ3v) is 4.49. The Labute approximate surface area is 151 Å². The molecule has 2 aromatic carbocycles. The topological polar surface area (TPSA) is 16.1 Å². The largest absolute Gasteiger partial charge is 0.363 e. The molecule has 0 N–H and O–H groups in total. The van der Waals surface area contributed by atoms with Crippen molar-refractivity contribution < 1.29 is 0 Å². The Hall–Kier alpha value is -2.61. The lowest BCUT2D eigenvalue weighted by molar-refractivity contribution is 0.898. The molecule has 1 aromatic heterocycles. The van der Waals surface area contributed by atoms with Crippen LogP contribution in [0.5, 0.6) is 0 Å². The first-order chi connectivity index (χ1) is 12.2. The average Bonchev–Trinajstić information content (AvgIpc) is 2.66. The van der Waals surface area contributed by atoms with Crippen LogP contribution < -0.4 is 4.90 Å². The molecule has 0 spiro atoms. The molecule has 0 radical (unpaired) electrons. The van der Waals surface area contributed by atoms with Crippen molar-refractivity contribution in [2.45, 2.75) is 25.7 Å². The summed E-state index contributed by atoms with van der Waals surface area (Å²) in [7, 11) is 4.13. The van der Waals surface area contributed by atoms with Gasteiger partial charge < -0.3 is 4.90 Å². The maximum absolute atomic E-state index is 4.73. The summed E-state index contributed by atoms with van der Waals surface area (Å²) < 4.78 is 0. The van der Waals surface area contributed by atoms with E-state index in [4.69, 9.17) is 4.98 Å². The Morgan fingerprint density at radius 3 is 1.76 bits per heavy atom. The Balaban J connectivity index is 1.72. The summed E-state index contributed by atoms with van der Waals surface area (Å²) in [5.41, 5.74) is 5.41. The van der Waals surface area contributed by atoms with Gasteiger partial charge in [0.15, 0.2) is 0 Å². The molecule has 128 valence electrons. The molecule has 0 aliphatic rings. The van der Waals surface area contributed by atoms with Gasteiger partial charge in [-0.15, -0.1) is 0 Å². The number of nitrogens with zero attached hydrogens (tertiary/aromatic N) is 2. The summed E-state index contributed by atoms with van der Waals surface area (Å²) in [6.07, 6.45) is 6.19. The predicted octanol–water partition coefficient (Wildman–Crippen LogP) is 4.72. The molecule has 0 unspecified atom stereocenters. The van der Waals surface area contributed by atoms with E-state index in [1.54, 1.807) is 0 Å². The fourth-order valence-electron chi connectivity index (χ4n) is 3.13. The van der Waals surface area contributed by atoms with E-state index in [0.717, 1.165) is 31.5 Å². The number of benzene rings is 2. The monoisotopic (exact) mass is 330 g/mol. The number of pyridine rings is 1. The molecule has 0 saturated heterocycles. The normalized spacial score (nSPS) is 10.6. The first-order valence-electron chi connectivity index (χ1n) is 8.95. The highest BCUT2D eigenvalue weighted by atomic mass is 15.1. The van der Waals surface area contributed by atoms with Crippen LogP contribution in [0.2, 0.25) is 0 Å². The number of aromatic nitrogens is 1. The molecule has 0 amide bonds. The molecule has 0 saturated carbocycles. The number of aryl methyl sites for hydroxylation is 4. The van der Waals surface area contributed by atoms with Gasteiger partial charge in [0.1, 0.15) is 5.82 Å². The van der Waals surface area contributed by atoms with Crippen molar-refractivity contribution in [1.29, 1.82) is 0 Å². The van der Waals surface area contributed by atoms with Gasteiger partial charge >= 0.3 is 0 Å². The molecule has 25 heavy (non-hydrogen) atoms. The maximum Gasteiger partial charge on any atom is 0.131 e. The molecule has 3 rings (SSSR count). The van der Waals surface area contributed by atoms with Gasteiger partial charge in [-0.25, -0.2) is 4.98 Å². The van der Waals surface area contributed by atoms with Gasteiger partial charge in [-0.1, -0.05) is 66.7 Å². The van der Waals surface area contributed by atoms with Gasteiger partial charge in [0.2, 0.25) is 0 Å². The van der Waals surface area contributed by atoms with Crippen molar-refractivity contribution in [3.63, 3.8) is 0 Å². The molecule has 0 aliphatic carbocycles. The van der Waals surface area contributed by atoms with E-state index < -0.39 is 0 Å². The molecule has 3 aromatic rings. The molecule has 0 fully saturated rings. The van der Waals surface area contributed by atoms with Gasteiger partial charge in [-0.2, -0.15) is 0 Å². The smallest absolute Gasteiger partial charge is 0.131 e. The van der Waals surface area contributed by atoms with Crippen LogP contribution in [-0.4, -0.2) is 19.1 Å². The molecule has 1 heterocycles. The van der Waals surface area contributed by atoms with E-state index in [1.165, 1.54) is 22.3 Å². The SMILES string of the molecule is CN(C)c1ncc(CCc2ccccc2)cc1CCc1ccccc1. The average molecular weight is 330 g/mol. The first kappa shape index (κ1) is 17.2. The summed E-state index contributed by atoms with van der Waals surface area (Å²) in [6, 6.07) is 23.7. The lowest BCUT2D eigenvalue weighted by Crippen LogP contribution is -2.14. The van der Waals surface area contributed by atoms with Crippen molar-refractivity contribution in [2.75, 3.05) is 19.0 Å². The minimum atomic E-state index is 1.02. The van der Waals surface area contributed by atoms with Gasteiger partial charge in [-0.3, -0.25) is 0 Å². The third-order valence-electron chi connectivity index (χ3n) is 4.49. The second-order valence-electron chi connectivity index (χ2n) is 6.69. The molecule has 2 nitrogen and oxygen atoms in total. The van der Waals surface area contributed by atoms with Gasteiger partial charge in [-0.05, 0) is 47.9 Å². The highest BCUT2D eigenvalue weighted by molar-refractivity contribution is 5.47. The molecular formula is C23H26N2. The highest BCUT2D eigenvalue weighted by Gasteiger charge is 2.08. The van der Waals surface area contributed by atoms with Crippen LogP contribution in [-0.2, 0) is 25.7 Å². The van der Waals surface area contributed by atoms with Gasteiger partial charge in [0, 0.05) is 20.3 Å². The number of hydrogen-bond acceptors (Lipinski definition) is 2. The van der Waals surface area contributed by atoms with E-state index in [9.17, 15) is 0 Å². The summed E-state index contributed by atoms with van der Waals surface area (Å²) in [4.78, 5) is 6.84. The zero-order valence-electron chi connectivity index (χ0n) is 15.2. The lowest BCUT2D eigenvalue weighted by Gasteiger charge is -2.17. The van der Waals surface area contributed by atoms with Crippen molar-refractivity contribution in [2.24, 2.45) is 0 Å². The van der Waals surface area contributed by atoms with Crippen molar-refractivity contribution in [1.82, 2.24) is 4.98 Å². The highest BCUT2D eigenvalue weighted by Crippen LogP contribution is 2.20. The summed E-state index contributed by atoms with van der Waals surface area (Å²) in [6.45, 7) is 0. The Morgan fingerprint density at radius 1 is 0.680 bits per heavy atom. The molecule has 0 atom stereocenters. The van der Waals surface area contributed by atoms with Crippen LogP contribution in [0.25, 0.3) is 0 Å². The quantitative estimate of drug-likeness (QED) is 0.623. The van der Waals surface area contributed by atoms with Crippen LogP contribution in [0.1, 0.15) is 22.3 Å². The zero-order chi connectivity index (χ0) is 17.5. The standard InChI is InChI=1S/C23H26N2/c1-25(2)23-22(16-15-20-11-7-4-8-12-20)17-21(18-24-23)14-13-19-9-5-3-6-10-19/h3-12,17-18H,13-16H2,1-2H3. The molecule has 2 heteroatoms. The third kappa shape index (κ3) is 4.93. The van der Waals surface area contributed by atoms with Crippen molar-refractivity contribution >= 4 is 5.82 Å². The van der Waals surface area contributed by atoms with E-state index >= 15 is 0 Å². The zero-order valence-corrected chi connectivity index (χ0v) is 15.2. The lowest BCUT2D eigenvalue weighted by atomic mass is 10.0. The van der Waals surface area contributed by atoms with Gasteiger partial charge in [0.05, 0.1) is 0 Å². The maximum atomic E-state index is 4.73. The van der Waals surface area contributed by atoms with Crippen LogP contribution in [0.3, 0.4) is 0 Å². The predicted molar refractivity (Wildman–Crippen MR) is 106 cm³/mol. The number of anilines is 1. The van der Waals surface area contributed by atoms with Crippen LogP contribution in [0.4, 0.5) is 5.82 Å². The van der Waals surface area contributed by atoms with Crippen LogP contribution in [0.15, 0.2) is 72.9 Å². The second kappa shape index (κ2) is 8.48. The summed E-state index contributed by atoms with van der Waals surface area (Å²) >= 11 is 0. The minimum absolute atomic E-state index is 1.02.